The predicted octanol–water partition coefficient (Wildman–Crippen LogP) is 5.81. The summed E-state index contributed by atoms with van der Waals surface area (Å²) in [6.45, 7) is 2.55. The molecule has 0 aliphatic heterocycles. The van der Waals surface area contributed by atoms with Crippen molar-refractivity contribution in [1.29, 1.82) is 0 Å². The minimum absolute atomic E-state index is 0.130. The first-order valence-corrected chi connectivity index (χ1v) is 11.2. The molecule has 0 saturated carbocycles. The fourth-order valence-corrected chi connectivity index (χ4v) is 3.37. The fraction of sp³-hybridized carbons (Fsp3) is 0.115. The largest absolute Gasteiger partial charge is 0.490 e. The van der Waals surface area contributed by atoms with E-state index < -0.39 is 11.8 Å². The number of anilines is 2. The summed E-state index contributed by atoms with van der Waals surface area (Å²) < 4.78 is 16.7. The summed E-state index contributed by atoms with van der Waals surface area (Å²) in [6.07, 6.45) is 4.81. The van der Waals surface area contributed by atoms with Gasteiger partial charge in [0.15, 0.2) is 17.3 Å². The van der Waals surface area contributed by atoms with Crippen LogP contribution in [0.25, 0.3) is 0 Å². The second-order valence-corrected chi connectivity index (χ2v) is 7.76. The Bertz CT molecular complexity index is 1310. The van der Waals surface area contributed by atoms with Crippen LogP contribution < -0.4 is 20.1 Å². The van der Waals surface area contributed by atoms with Crippen LogP contribution in [0, 0.1) is 0 Å². The standard InChI is InChI=1S/C26H22ClN3O5/c1-2-33-24-13-18(7-10-22(24)35-16-17-5-3-11-28-15-17)25(31)29-20-9-8-19(27)14-21(20)30-26(32)23-6-4-12-34-23/h3-15H,2,16H2,1H3,(H,29,31)(H,30,32). The Hall–Kier alpha value is -4.30. The highest BCUT2D eigenvalue weighted by Gasteiger charge is 2.16. The summed E-state index contributed by atoms with van der Waals surface area (Å²) in [4.78, 5) is 29.5. The van der Waals surface area contributed by atoms with Crippen LogP contribution in [0.3, 0.4) is 0 Å². The molecule has 0 fully saturated rings. The number of nitrogens with one attached hydrogen (secondary N) is 2. The molecule has 0 spiro atoms. The first kappa shape index (κ1) is 23.8. The lowest BCUT2D eigenvalue weighted by Gasteiger charge is -2.15. The van der Waals surface area contributed by atoms with E-state index >= 15 is 0 Å². The number of carbonyl (C=O) groups excluding carboxylic acids is 2. The number of halogens is 1. The number of benzene rings is 2. The molecule has 0 saturated heterocycles. The van der Waals surface area contributed by atoms with Crippen molar-refractivity contribution in [1.82, 2.24) is 4.98 Å². The molecule has 8 nitrogen and oxygen atoms in total. The van der Waals surface area contributed by atoms with Crippen LogP contribution in [0.5, 0.6) is 11.5 Å². The van der Waals surface area contributed by atoms with E-state index in [4.69, 9.17) is 25.5 Å². The molecule has 0 radical (unpaired) electrons. The molecule has 35 heavy (non-hydrogen) atoms. The molecule has 0 aliphatic rings. The Labute approximate surface area is 206 Å². The van der Waals surface area contributed by atoms with E-state index in [1.165, 1.54) is 12.3 Å². The topological polar surface area (TPSA) is 103 Å². The highest BCUT2D eigenvalue weighted by molar-refractivity contribution is 6.31. The van der Waals surface area contributed by atoms with Crippen LogP contribution >= 0.6 is 11.6 Å². The van der Waals surface area contributed by atoms with Gasteiger partial charge in [0.05, 0.1) is 24.2 Å². The quantitative estimate of drug-likeness (QED) is 0.306. The van der Waals surface area contributed by atoms with Crippen molar-refractivity contribution in [2.24, 2.45) is 0 Å². The van der Waals surface area contributed by atoms with Gasteiger partial charge in [0.2, 0.25) is 0 Å². The first-order valence-electron chi connectivity index (χ1n) is 10.8. The maximum atomic E-state index is 13.0. The third kappa shape index (κ3) is 6.18. The lowest BCUT2D eigenvalue weighted by Crippen LogP contribution is -2.16. The number of carbonyl (C=O) groups is 2. The van der Waals surface area contributed by atoms with Crippen molar-refractivity contribution < 1.29 is 23.5 Å². The molecule has 0 atom stereocenters. The third-order valence-electron chi connectivity index (χ3n) is 4.85. The molecule has 4 aromatic rings. The second-order valence-electron chi connectivity index (χ2n) is 7.32. The third-order valence-corrected chi connectivity index (χ3v) is 5.08. The molecule has 0 bridgehead atoms. The van der Waals surface area contributed by atoms with Crippen LogP contribution in [0.4, 0.5) is 11.4 Å². The van der Waals surface area contributed by atoms with E-state index in [9.17, 15) is 9.59 Å². The molecule has 2 aromatic carbocycles. The van der Waals surface area contributed by atoms with Crippen molar-refractivity contribution in [2.75, 3.05) is 17.2 Å². The molecule has 2 N–H and O–H groups in total. The first-order chi connectivity index (χ1) is 17.0. The van der Waals surface area contributed by atoms with Crippen molar-refractivity contribution in [3.63, 3.8) is 0 Å². The van der Waals surface area contributed by atoms with E-state index in [1.807, 2.05) is 19.1 Å². The Balaban J connectivity index is 1.51. The maximum Gasteiger partial charge on any atom is 0.291 e. The van der Waals surface area contributed by atoms with Crippen molar-refractivity contribution in [3.8, 4) is 11.5 Å². The lowest BCUT2D eigenvalue weighted by atomic mass is 10.1. The molecule has 2 heterocycles. The average Bonchev–Trinajstić information content (AvgIpc) is 3.41. The number of hydrogen-bond acceptors (Lipinski definition) is 6. The number of nitrogens with zero attached hydrogens (tertiary/aromatic N) is 1. The van der Waals surface area contributed by atoms with Gasteiger partial charge in [0.1, 0.15) is 6.61 Å². The van der Waals surface area contributed by atoms with Gasteiger partial charge in [-0.25, -0.2) is 0 Å². The highest BCUT2D eigenvalue weighted by Crippen LogP contribution is 2.31. The van der Waals surface area contributed by atoms with Crippen molar-refractivity contribution in [3.05, 3.63) is 101 Å². The number of furan rings is 1. The number of hydrogen-bond donors (Lipinski definition) is 2. The Kier molecular flexibility index (Phi) is 7.64. The molecule has 0 unspecified atom stereocenters. The zero-order chi connectivity index (χ0) is 24.6. The molecular formula is C26H22ClN3O5. The molecular weight excluding hydrogens is 470 g/mol. The van der Waals surface area contributed by atoms with E-state index in [0.717, 1.165) is 5.56 Å². The summed E-state index contributed by atoms with van der Waals surface area (Å²) in [6, 6.07) is 16.5. The molecule has 0 aliphatic carbocycles. The molecule has 9 heteroatoms. The number of ether oxygens (including phenoxy) is 2. The van der Waals surface area contributed by atoms with Gasteiger partial charge < -0.3 is 24.5 Å². The van der Waals surface area contributed by atoms with Crippen LogP contribution in [0.1, 0.15) is 33.4 Å². The highest BCUT2D eigenvalue weighted by atomic mass is 35.5. The summed E-state index contributed by atoms with van der Waals surface area (Å²) in [5, 5.41) is 5.90. The van der Waals surface area contributed by atoms with E-state index in [-0.39, 0.29) is 5.76 Å². The van der Waals surface area contributed by atoms with E-state index in [1.54, 1.807) is 54.9 Å². The Morgan fingerprint density at radius 1 is 0.943 bits per heavy atom. The minimum atomic E-state index is -0.471. The second kappa shape index (κ2) is 11.2. The molecule has 4 rings (SSSR count). The van der Waals surface area contributed by atoms with Crippen LogP contribution in [0.15, 0.2) is 83.7 Å². The number of aromatic nitrogens is 1. The van der Waals surface area contributed by atoms with Gasteiger partial charge in [0.25, 0.3) is 11.8 Å². The monoisotopic (exact) mass is 491 g/mol. The molecule has 2 amide bonds. The number of amides is 2. The zero-order valence-corrected chi connectivity index (χ0v) is 19.5. The summed E-state index contributed by atoms with van der Waals surface area (Å²) in [7, 11) is 0. The van der Waals surface area contributed by atoms with Gasteiger partial charge in [-0.05, 0) is 61.5 Å². The zero-order valence-electron chi connectivity index (χ0n) is 18.8. The average molecular weight is 492 g/mol. The smallest absolute Gasteiger partial charge is 0.291 e. The van der Waals surface area contributed by atoms with Gasteiger partial charge in [-0.15, -0.1) is 0 Å². The SMILES string of the molecule is CCOc1cc(C(=O)Nc2ccc(Cl)cc2NC(=O)c2ccco2)ccc1OCc1cccnc1. The van der Waals surface area contributed by atoms with E-state index in [0.29, 0.717) is 46.7 Å². The van der Waals surface area contributed by atoms with Gasteiger partial charge in [-0.2, -0.15) is 0 Å². The number of pyridine rings is 1. The van der Waals surface area contributed by atoms with Crippen LogP contribution in [0.2, 0.25) is 5.02 Å². The van der Waals surface area contributed by atoms with Crippen LogP contribution in [-0.2, 0) is 6.61 Å². The minimum Gasteiger partial charge on any atom is -0.490 e. The summed E-state index contributed by atoms with van der Waals surface area (Å²) in [5.74, 6) is 0.198. The summed E-state index contributed by atoms with van der Waals surface area (Å²) >= 11 is 6.10. The van der Waals surface area contributed by atoms with Crippen molar-refractivity contribution >= 4 is 34.8 Å². The molecule has 178 valence electrons. The van der Waals surface area contributed by atoms with Gasteiger partial charge in [-0.3, -0.25) is 14.6 Å². The molecule has 2 aromatic heterocycles. The van der Waals surface area contributed by atoms with Gasteiger partial charge >= 0.3 is 0 Å². The van der Waals surface area contributed by atoms with E-state index in [2.05, 4.69) is 15.6 Å². The van der Waals surface area contributed by atoms with Gasteiger partial charge in [-0.1, -0.05) is 17.7 Å². The Morgan fingerprint density at radius 3 is 2.54 bits per heavy atom. The predicted molar refractivity (Wildman–Crippen MR) is 132 cm³/mol. The fourth-order valence-electron chi connectivity index (χ4n) is 3.20. The van der Waals surface area contributed by atoms with Gasteiger partial charge in [0, 0.05) is 28.5 Å². The summed E-state index contributed by atoms with van der Waals surface area (Å²) in [5.41, 5.74) is 1.95. The maximum absolute atomic E-state index is 13.0. The lowest BCUT2D eigenvalue weighted by molar-refractivity contribution is 0.0993. The van der Waals surface area contributed by atoms with Crippen LogP contribution in [-0.4, -0.2) is 23.4 Å². The normalized spacial score (nSPS) is 10.5. The number of rotatable bonds is 9. The van der Waals surface area contributed by atoms with Crippen molar-refractivity contribution in [2.45, 2.75) is 13.5 Å². The Morgan fingerprint density at radius 2 is 1.80 bits per heavy atom.